The maximum atomic E-state index is 12.2. The monoisotopic (exact) mass is 310 g/mol. The van der Waals surface area contributed by atoms with Gasteiger partial charge in [-0.25, -0.2) is 4.79 Å². The van der Waals surface area contributed by atoms with Crippen molar-refractivity contribution in [2.45, 2.75) is 25.7 Å². The number of rotatable bonds is 4. The van der Waals surface area contributed by atoms with E-state index in [1.807, 2.05) is 6.07 Å². The molecule has 2 amide bonds. The van der Waals surface area contributed by atoms with Crippen molar-refractivity contribution in [3.63, 3.8) is 0 Å². The van der Waals surface area contributed by atoms with Crippen molar-refractivity contribution in [3.8, 4) is 0 Å². The molecule has 1 aliphatic heterocycles. The quantitative estimate of drug-likeness (QED) is 0.895. The van der Waals surface area contributed by atoms with Gasteiger partial charge in [-0.15, -0.1) is 0 Å². The van der Waals surface area contributed by atoms with Crippen LogP contribution in [-0.2, 0) is 4.79 Å². The minimum atomic E-state index is -0.785. The summed E-state index contributed by atoms with van der Waals surface area (Å²) in [4.78, 5) is 24.6. The number of hydrogen-bond acceptors (Lipinski definition) is 2. The zero-order chi connectivity index (χ0) is 15.2. The van der Waals surface area contributed by atoms with Crippen molar-refractivity contribution >= 4 is 29.3 Å². The fraction of sp³-hybridized carbons (Fsp3) is 0.467. The number of piperidine rings is 1. The Bertz CT molecular complexity index is 521. The molecule has 5 nitrogen and oxygen atoms in total. The van der Waals surface area contributed by atoms with Crippen LogP contribution in [-0.4, -0.2) is 35.1 Å². The average molecular weight is 311 g/mol. The van der Waals surface area contributed by atoms with E-state index in [0.717, 1.165) is 12.8 Å². The van der Waals surface area contributed by atoms with E-state index in [-0.39, 0.29) is 18.4 Å². The molecule has 1 saturated heterocycles. The van der Waals surface area contributed by atoms with Gasteiger partial charge in [0.25, 0.3) is 0 Å². The first-order valence-electron chi connectivity index (χ1n) is 7.08. The Labute approximate surface area is 128 Å². The summed E-state index contributed by atoms with van der Waals surface area (Å²) in [6.07, 6.45) is 2.65. The number of hydrogen-bond donors (Lipinski definition) is 2. The smallest absolute Gasteiger partial charge is 0.321 e. The minimum absolute atomic E-state index is 0.157. The van der Waals surface area contributed by atoms with Crippen LogP contribution < -0.4 is 5.32 Å². The fourth-order valence-electron chi connectivity index (χ4n) is 2.57. The second-order valence-electron chi connectivity index (χ2n) is 5.30. The fourth-order valence-corrected chi connectivity index (χ4v) is 2.75. The molecule has 0 saturated carbocycles. The molecule has 0 aromatic heterocycles. The number of amides is 2. The number of anilines is 1. The number of carboxylic acids is 1. The first-order chi connectivity index (χ1) is 10.1. The Balaban J connectivity index is 1.90. The lowest BCUT2D eigenvalue weighted by molar-refractivity contribution is -0.137. The predicted octanol–water partition coefficient (Wildman–Crippen LogP) is 3.45. The number of benzene rings is 1. The van der Waals surface area contributed by atoms with Crippen molar-refractivity contribution in [1.29, 1.82) is 0 Å². The number of carbonyl (C=O) groups is 2. The minimum Gasteiger partial charge on any atom is -0.481 e. The van der Waals surface area contributed by atoms with Crippen LogP contribution in [0.1, 0.15) is 25.7 Å². The first-order valence-corrected chi connectivity index (χ1v) is 7.46. The number of carbonyl (C=O) groups excluding carboxylic acids is 1. The summed E-state index contributed by atoms with van der Waals surface area (Å²) in [7, 11) is 0. The van der Waals surface area contributed by atoms with Crippen LogP contribution in [0.3, 0.4) is 0 Å². The summed E-state index contributed by atoms with van der Waals surface area (Å²) in [5.41, 5.74) is 0.594. The molecule has 0 spiro atoms. The topological polar surface area (TPSA) is 69.6 Å². The Kier molecular flexibility index (Phi) is 5.44. The van der Waals surface area contributed by atoms with Gasteiger partial charge in [-0.2, -0.15) is 0 Å². The van der Waals surface area contributed by atoms with E-state index in [2.05, 4.69) is 5.32 Å². The molecular weight excluding hydrogens is 292 g/mol. The Morgan fingerprint density at radius 3 is 2.86 bits per heavy atom. The number of urea groups is 1. The molecule has 21 heavy (non-hydrogen) atoms. The van der Waals surface area contributed by atoms with E-state index >= 15 is 0 Å². The number of halogens is 1. The normalized spacial score (nSPS) is 18.3. The lowest BCUT2D eigenvalue weighted by Gasteiger charge is -2.32. The third kappa shape index (κ3) is 4.63. The van der Waals surface area contributed by atoms with E-state index in [0.29, 0.717) is 30.2 Å². The first kappa shape index (κ1) is 15.6. The van der Waals surface area contributed by atoms with Crippen molar-refractivity contribution in [2.24, 2.45) is 5.92 Å². The molecule has 2 rings (SSSR count). The van der Waals surface area contributed by atoms with Gasteiger partial charge in [0.15, 0.2) is 0 Å². The Morgan fingerprint density at radius 2 is 2.14 bits per heavy atom. The van der Waals surface area contributed by atoms with Crippen LogP contribution in [0.15, 0.2) is 24.3 Å². The molecule has 114 valence electrons. The number of aliphatic carboxylic acids is 1. The highest BCUT2D eigenvalue weighted by Gasteiger charge is 2.24. The van der Waals surface area contributed by atoms with Crippen LogP contribution >= 0.6 is 11.6 Å². The number of likely N-dealkylation sites (tertiary alicyclic amines) is 1. The molecule has 1 heterocycles. The van der Waals surface area contributed by atoms with Gasteiger partial charge in [0.05, 0.1) is 10.7 Å². The summed E-state index contributed by atoms with van der Waals surface area (Å²) >= 11 is 6.02. The number of nitrogens with one attached hydrogen (secondary N) is 1. The molecule has 1 fully saturated rings. The Hall–Kier alpha value is -1.75. The highest BCUT2D eigenvalue weighted by molar-refractivity contribution is 6.33. The lowest BCUT2D eigenvalue weighted by Crippen LogP contribution is -2.42. The Morgan fingerprint density at radius 1 is 1.38 bits per heavy atom. The molecular formula is C15H19ClN2O3. The van der Waals surface area contributed by atoms with Gasteiger partial charge in [0.1, 0.15) is 0 Å². The number of para-hydroxylation sites is 1. The molecule has 2 N–H and O–H groups in total. The van der Waals surface area contributed by atoms with Crippen LogP contribution in [0.4, 0.5) is 10.5 Å². The van der Waals surface area contributed by atoms with E-state index < -0.39 is 5.97 Å². The second kappa shape index (κ2) is 7.31. The molecule has 1 aromatic rings. The lowest BCUT2D eigenvalue weighted by atomic mass is 9.93. The van der Waals surface area contributed by atoms with Gasteiger partial charge in [-0.05, 0) is 37.3 Å². The summed E-state index contributed by atoms with van der Waals surface area (Å²) in [5, 5.41) is 12.0. The maximum absolute atomic E-state index is 12.2. The van der Waals surface area contributed by atoms with Gasteiger partial charge in [-0.3, -0.25) is 4.79 Å². The SMILES string of the molecule is O=C(O)CCC1CCCN(C(=O)Nc2ccccc2Cl)C1. The summed E-state index contributed by atoms with van der Waals surface area (Å²) in [5.74, 6) is -0.528. The average Bonchev–Trinajstić information content (AvgIpc) is 2.48. The maximum Gasteiger partial charge on any atom is 0.321 e. The molecule has 1 aromatic carbocycles. The van der Waals surface area contributed by atoms with Crippen LogP contribution in [0, 0.1) is 5.92 Å². The third-order valence-corrected chi connectivity index (χ3v) is 4.02. The van der Waals surface area contributed by atoms with Gasteiger partial charge in [0, 0.05) is 19.5 Å². The van der Waals surface area contributed by atoms with Crippen molar-refractivity contribution in [2.75, 3.05) is 18.4 Å². The summed E-state index contributed by atoms with van der Waals surface area (Å²) in [6.45, 7) is 1.30. The van der Waals surface area contributed by atoms with Crippen molar-refractivity contribution in [3.05, 3.63) is 29.3 Å². The zero-order valence-electron chi connectivity index (χ0n) is 11.7. The van der Waals surface area contributed by atoms with E-state index in [4.69, 9.17) is 16.7 Å². The van der Waals surface area contributed by atoms with E-state index in [1.54, 1.807) is 23.1 Å². The molecule has 0 bridgehead atoms. The molecule has 1 unspecified atom stereocenters. The standard InChI is InChI=1S/C15H19ClN2O3/c16-12-5-1-2-6-13(12)17-15(21)18-9-3-4-11(10-18)7-8-14(19)20/h1-2,5-6,11H,3-4,7-10H2,(H,17,21)(H,19,20). The van der Waals surface area contributed by atoms with Gasteiger partial charge < -0.3 is 15.3 Å². The van der Waals surface area contributed by atoms with Crippen molar-refractivity contribution in [1.82, 2.24) is 4.90 Å². The van der Waals surface area contributed by atoms with Gasteiger partial charge in [0.2, 0.25) is 0 Å². The van der Waals surface area contributed by atoms with Crippen LogP contribution in [0.5, 0.6) is 0 Å². The van der Waals surface area contributed by atoms with Crippen LogP contribution in [0.25, 0.3) is 0 Å². The van der Waals surface area contributed by atoms with Crippen molar-refractivity contribution < 1.29 is 14.7 Å². The number of nitrogens with zero attached hydrogens (tertiary/aromatic N) is 1. The number of carboxylic acid groups (broad SMARTS) is 1. The van der Waals surface area contributed by atoms with E-state index in [9.17, 15) is 9.59 Å². The second-order valence-corrected chi connectivity index (χ2v) is 5.70. The molecule has 1 aliphatic rings. The highest BCUT2D eigenvalue weighted by Crippen LogP contribution is 2.24. The summed E-state index contributed by atoms with van der Waals surface area (Å²) in [6, 6.07) is 6.92. The summed E-state index contributed by atoms with van der Waals surface area (Å²) < 4.78 is 0. The molecule has 0 aliphatic carbocycles. The third-order valence-electron chi connectivity index (χ3n) is 3.69. The van der Waals surface area contributed by atoms with E-state index in [1.165, 1.54) is 0 Å². The van der Waals surface area contributed by atoms with Gasteiger partial charge in [-0.1, -0.05) is 23.7 Å². The highest BCUT2D eigenvalue weighted by atomic mass is 35.5. The van der Waals surface area contributed by atoms with Crippen LogP contribution in [0.2, 0.25) is 5.02 Å². The predicted molar refractivity (Wildman–Crippen MR) is 81.6 cm³/mol. The molecule has 0 radical (unpaired) electrons. The largest absolute Gasteiger partial charge is 0.481 e. The molecule has 6 heteroatoms. The zero-order valence-corrected chi connectivity index (χ0v) is 12.5. The molecule has 1 atom stereocenters. The van der Waals surface area contributed by atoms with Gasteiger partial charge >= 0.3 is 12.0 Å².